The minimum absolute atomic E-state index is 0.137. The Balaban J connectivity index is 2.56. The van der Waals surface area contributed by atoms with Crippen molar-refractivity contribution < 1.29 is 14.2 Å². The van der Waals surface area contributed by atoms with Crippen molar-refractivity contribution in [1.29, 1.82) is 0 Å². The van der Waals surface area contributed by atoms with E-state index in [0.717, 1.165) is 17.1 Å². The van der Waals surface area contributed by atoms with E-state index in [2.05, 4.69) is 0 Å². The molecule has 0 aromatic heterocycles. The molecule has 14 heavy (non-hydrogen) atoms. The summed E-state index contributed by atoms with van der Waals surface area (Å²) in [5.74, 6) is 2.18. The van der Waals surface area contributed by atoms with Gasteiger partial charge in [0, 0.05) is 6.04 Å². The molecule has 2 N–H and O–H groups in total. The summed E-state index contributed by atoms with van der Waals surface area (Å²) in [5.41, 5.74) is 6.71. The van der Waals surface area contributed by atoms with Crippen molar-refractivity contribution in [3.63, 3.8) is 0 Å². The number of rotatable bonds is 2. The van der Waals surface area contributed by atoms with E-state index in [0.29, 0.717) is 5.75 Å². The molecule has 1 heterocycles. The molecule has 0 fully saturated rings. The number of hydrogen-bond donors (Lipinski definition) is 1. The lowest BCUT2D eigenvalue weighted by Crippen LogP contribution is -2.08. The second-order valence-electron chi connectivity index (χ2n) is 3.20. The minimum atomic E-state index is -0.137. The quantitative estimate of drug-likeness (QED) is 0.775. The highest BCUT2D eigenvalue weighted by Gasteiger charge is 2.23. The first-order chi connectivity index (χ1) is 6.74. The third-order valence-electron chi connectivity index (χ3n) is 2.21. The summed E-state index contributed by atoms with van der Waals surface area (Å²) in [4.78, 5) is 0. The Morgan fingerprint density at radius 3 is 2.86 bits per heavy atom. The predicted octanol–water partition coefficient (Wildman–Crippen LogP) is 1.44. The van der Waals surface area contributed by atoms with Gasteiger partial charge in [-0.3, -0.25) is 0 Å². The van der Waals surface area contributed by atoms with Gasteiger partial charge in [-0.15, -0.1) is 0 Å². The molecule has 0 aliphatic carbocycles. The highest BCUT2D eigenvalue weighted by Crippen LogP contribution is 2.43. The molecule has 1 aromatic carbocycles. The highest BCUT2D eigenvalue weighted by molar-refractivity contribution is 5.56. The molecule has 4 nitrogen and oxygen atoms in total. The molecule has 1 aliphatic heterocycles. The van der Waals surface area contributed by atoms with E-state index < -0.39 is 0 Å². The largest absolute Gasteiger partial charge is 0.496 e. The van der Waals surface area contributed by atoms with Crippen molar-refractivity contribution in [2.75, 3.05) is 13.9 Å². The standard InChI is InChI=1S/C10H13NO3/c1-6(11)9-7(12-2)3-4-8-10(9)14-5-13-8/h3-4,6H,5,11H2,1-2H3. The lowest BCUT2D eigenvalue weighted by molar-refractivity contribution is 0.173. The molecule has 0 bridgehead atoms. The van der Waals surface area contributed by atoms with Crippen LogP contribution in [0.1, 0.15) is 18.5 Å². The summed E-state index contributed by atoms with van der Waals surface area (Å²) in [7, 11) is 1.61. The van der Waals surface area contributed by atoms with Gasteiger partial charge >= 0.3 is 0 Å². The summed E-state index contributed by atoms with van der Waals surface area (Å²) in [6.07, 6.45) is 0. The predicted molar refractivity (Wildman–Crippen MR) is 51.7 cm³/mol. The van der Waals surface area contributed by atoms with Gasteiger partial charge in [0.15, 0.2) is 11.5 Å². The first-order valence-corrected chi connectivity index (χ1v) is 4.46. The van der Waals surface area contributed by atoms with Crippen molar-refractivity contribution in [3.8, 4) is 17.2 Å². The topological polar surface area (TPSA) is 53.7 Å². The first kappa shape index (κ1) is 9.15. The van der Waals surface area contributed by atoms with E-state index >= 15 is 0 Å². The van der Waals surface area contributed by atoms with Gasteiger partial charge in [-0.05, 0) is 19.1 Å². The van der Waals surface area contributed by atoms with Gasteiger partial charge in [-0.1, -0.05) is 0 Å². The summed E-state index contributed by atoms with van der Waals surface area (Å²) in [6, 6.07) is 3.53. The summed E-state index contributed by atoms with van der Waals surface area (Å²) in [6.45, 7) is 2.14. The molecule has 0 amide bonds. The summed E-state index contributed by atoms with van der Waals surface area (Å²) in [5, 5.41) is 0. The number of nitrogens with two attached hydrogens (primary N) is 1. The van der Waals surface area contributed by atoms with Crippen molar-refractivity contribution in [2.45, 2.75) is 13.0 Å². The molecule has 1 aromatic rings. The van der Waals surface area contributed by atoms with Crippen LogP contribution in [0.2, 0.25) is 0 Å². The van der Waals surface area contributed by atoms with E-state index in [1.165, 1.54) is 0 Å². The maximum Gasteiger partial charge on any atom is 0.231 e. The number of methoxy groups -OCH3 is 1. The molecule has 1 unspecified atom stereocenters. The molecule has 1 atom stereocenters. The van der Waals surface area contributed by atoms with Crippen LogP contribution in [0, 0.1) is 0 Å². The van der Waals surface area contributed by atoms with Gasteiger partial charge in [0.05, 0.1) is 12.7 Å². The molecular formula is C10H13NO3. The van der Waals surface area contributed by atoms with Crippen LogP contribution in [0.5, 0.6) is 17.2 Å². The molecule has 0 saturated heterocycles. The summed E-state index contributed by atoms with van der Waals surface area (Å²) < 4.78 is 15.8. The molecule has 76 valence electrons. The van der Waals surface area contributed by atoms with E-state index in [4.69, 9.17) is 19.9 Å². The second-order valence-corrected chi connectivity index (χ2v) is 3.20. The fourth-order valence-corrected chi connectivity index (χ4v) is 1.59. The Morgan fingerprint density at radius 1 is 1.43 bits per heavy atom. The molecule has 2 rings (SSSR count). The van der Waals surface area contributed by atoms with Crippen LogP contribution >= 0.6 is 0 Å². The average molecular weight is 195 g/mol. The number of fused-ring (bicyclic) bond motifs is 1. The smallest absolute Gasteiger partial charge is 0.231 e. The number of hydrogen-bond acceptors (Lipinski definition) is 4. The Labute approximate surface area is 82.6 Å². The van der Waals surface area contributed by atoms with E-state index in [1.54, 1.807) is 7.11 Å². The van der Waals surface area contributed by atoms with Gasteiger partial charge in [0.2, 0.25) is 6.79 Å². The van der Waals surface area contributed by atoms with Crippen molar-refractivity contribution in [2.24, 2.45) is 5.73 Å². The van der Waals surface area contributed by atoms with Crippen LogP contribution in [-0.2, 0) is 0 Å². The zero-order valence-electron chi connectivity index (χ0n) is 8.24. The lowest BCUT2D eigenvalue weighted by Gasteiger charge is -2.13. The Kier molecular flexibility index (Phi) is 2.21. The van der Waals surface area contributed by atoms with Crippen LogP contribution < -0.4 is 19.9 Å². The van der Waals surface area contributed by atoms with Crippen molar-refractivity contribution in [1.82, 2.24) is 0 Å². The van der Waals surface area contributed by atoms with E-state index in [9.17, 15) is 0 Å². The minimum Gasteiger partial charge on any atom is -0.496 e. The molecule has 0 radical (unpaired) electrons. The highest BCUT2D eigenvalue weighted by atomic mass is 16.7. The van der Waals surface area contributed by atoms with Crippen molar-refractivity contribution >= 4 is 0 Å². The lowest BCUT2D eigenvalue weighted by atomic mass is 10.1. The fourth-order valence-electron chi connectivity index (χ4n) is 1.59. The van der Waals surface area contributed by atoms with Crippen LogP contribution in [-0.4, -0.2) is 13.9 Å². The maximum absolute atomic E-state index is 5.85. The van der Waals surface area contributed by atoms with Crippen LogP contribution in [0.15, 0.2) is 12.1 Å². The van der Waals surface area contributed by atoms with Crippen LogP contribution in [0.3, 0.4) is 0 Å². The van der Waals surface area contributed by atoms with E-state index in [-0.39, 0.29) is 12.8 Å². The zero-order chi connectivity index (χ0) is 10.1. The van der Waals surface area contributed by atoms with Crippen LogP contribution in [0.25, 0.3) is 0 Å². The zero-order valence-corrected chi connectivity index (χ0v) is 8.24. The molecular weight excluding hydrogens is 182 g/mol. The third kappa shape index (κ3) is 1.28. The maximum atomic E-state index is 5.85. The van der Waals surface area contributed by atoms with Gasteiger partial charge in [-0.25, -0.2) is 0 Å². The molecule has 1 aliphatic rings. The van der Waals surface area contributed by atoms with Gasteiger partial charge in [0.1, 0.15) is 5.75 Å². The van der Waals surface area contributed by atoms with Gasteiger partial charge < -0.3 is 19.9 Å². The van der Waals surface area contributed by atoms with Crippen LogP contribution in [0.4, 0.5) is 0 Å². The Morgan fingerprint density at radius 2 is 2.21 bits per heavy atom. The molecule has 0 spiro atoms. The van der Waals surface area contributed by atoms with Crippen molar-refractivity contribution in [3.05, 3.63) is 17.7 Å². The van der Waals surface area contributed by atoms with Gasteiger partial charge in [-0.2, -0.15) is 0 Å². The fraction of sp³-hybridized carbons (Fsp3) is 0.400. The Bertz CT molecular complexity index is 349. The Hall–Kier alpha value is -1.42. The monoisotopic (exact) mass is 195 g/mol. The number of benzene rings is 1. The summed E-state index contributed by atoms with van der Waals surface area (Å²) >= 11 is 0. The van der Waals surface area contributed by atoms with E-state index in [1.807, 2.05) is 19.1 Å². The molecule has 4 heteroatoms. The third-order valence-corrected chi connectivity index (χ3v) is 2.21. The van der Waals surface area contributed by atoms with Gasteiger partial charge in [0.25, 0.3) is 0 Å². The normalized spacial score (nSPS) is 15.4. The second kappa shape index (κ2) is 3.38. The number of ether oxygens (including phenoxy) is 3. The first-order valence-electron chi connectivity index (χ1n) is 4.46. The molecule has 0 saturated carbocycles. The SMILES string of the molecule is COc1ccc2c(c1C(C)N)OCO2. The average Bonchev–Trinajstić information content (AvgIpc) is 2.62.